The molecule has 1 unspecified atom stereocenters. The highest BCUT2D eigenvalue weighted by molar-refractivity contribution is 7.92. The van der Waals surface area contributed by atoms with Gasteiger partial charge < -0.3 is 5.32 Å². The fourth-order valence-corrected chi connectivity index (χ4v) is 3.09. The molecule has 1 aromatic rings. The third-order valence-electron chi connectivity index (χ3n) is 3.50. The number of aryl methyl sites for hydroxylation is 2. The number of hydrogen-bond donors (Lipinski definition) is 1. The first-order valence-electron chi connectivity index (χ1n) is 6.80. The van der Waals surface area contributed by atoms with Crippen molar-refractivity contribution >= 4 is 9.84 Å². The van der Waals surface area contributed by atoms with E-state index >= 15 is 0 Å². The zero-order chi connectivity index (χ0) is 14.6. The third-order valence-corrected chi connectivity index (χ3v) is 5.74. The van der Waals surface area contributed by atoms with Gasteiger partial charge in [-0.3, -0.25) is 0 Å². The summed E-state index contributed by atoms with van der Waals surface area (Å²) >= 11 is 0. The Kier molecular flexibility index (Phi) is 5.56. The van der Waals surface area contributed by atoms with Crippen molar-refractivity contribution in [1.29, 1.82) is 0 Å². The molecule has 0 spiro atoms. The van der Waals surface area contributed by atoms with E-state index in [1.54, 1.807) is 13.8 Å². The molecule has 108 valence electrons. The first-order valence-corrected chi connectivity index (χ1v) is 8.51. The molecule has 1 aromatic carbocycles. The van der Waals surface area contributed by atoms with Crippen LogP contribution in [0.15, 0.2) is 18.2 Å². The number of hydrogen-bond acceptors (Lipinski definition) is 3. The Morgan fingerprint density at radius 1 is 1.16 bits per heavy atom. The first kappa shape index (κ1) is 16.2. The molecule has 3 nitrogen and oxygen atoms in total. The molecule has 0 saturated carbocycles. The van der Waals surface area contributed by atoms with Crippen molar-refractivity contribution in [2.45, 2.75) is 45.9 Å². The minimum atomic E-state index is -3.05. The van der Waals surface area contributed by atoms with E-state index in [0.29, 0.717) is 0 Å². The van der Waals surface area contributed by atoms with E-state index in [-0.39, 0.29) is 17.0 Å². The van der Waals surface area contributed by atoms with Gasteiger partial charge in [0, 0.05) is 6.04 Å². The van der Waals surface area contributed by atoms with Crippen LogP contribution in [0.3, 0.4) is 0 Å². The molecule has 0 saturated heterocycles. The van der Waals surface area contributed by atoms with Crippen molar-refractivity contribution < 1.29 is 8.42 Å². The zero-order valence-corrected chi connectivity index (χ0v) is 13.3. The average Bonchev–Trinajstić information content (AvgIpc) is 2.31. The van der Waals surface area contributed by atoms with E-state index in [1.807, 2.05) is 13.0 Å². The van der Waals surface area contributed by atoms with Crippen LogP contribution in [0.25, 0.3) is 0 Å². The molecule has 0 heterocycles. The van der Waals surface area contributed by atoms with Gasteiger partial charge in [-0.05, 0) is 50.9 Å². The van der Waals surface area contributed by atoms with Gasteiger partial charge in [-0.15, -0.1) is 0 Å². The van der Waals surface area contributed by atoms with Crippen LogP contribution >= 0.6 is 0 Å². The van der Waals surface area contributed by atoms with E-state index in [2.05, 4.69) is 31.3 Å². The van der Waals surface area contributed by atoms with Crippen LogP contribution in [0, 0.1) is 13.8 Å². The molecule has 0 radical (unpaired) electrons. The summed E-state index contributed by atoms with van der Waals surface area (Å²) in [4.78, 5) is 0. The van der Waals surface area contributed by atoms with Crippen LogP contribution in [0.2, 0.25) is 0 Å². The van der Waals surface area contributed by atoms with Crippen LogP contribution in [-0.2, 0) is 9.84 Å². The Balaban J connectivity index is 3.04. The van der Waals surface area contributed by atoms with Gasteiger partial charge in [-0.1, -0.05) is 25.1 Å². The van der Waals surface area contributed by atoms with E-state index in [4.69, 9.17) is 0 Å². The van der Waals surface area contributed by atoms with Crippen LogP contribution in [0.5, 0.6) is 0 Å². The highest BCUT2D eigenvalue weighted by Gasteiger charge is 2.23. The molecule has 1 N–H and O–H groups in total. The Hall–Kier alpha value is -0.870. The smallest absolute Gasteiger partial charge is 0.154 e. The number of nitrogens with one attached hydrogen (secondary N) is 1. The van der Waals surface area contributed by atoms with Gasteiger partial charge in [0.05, 0.1) is 11.0 Å². The van der Waals surface area contributed by atoms with Crippen molar-refractivity contribution in [3.63, 3.8) is 0 Å². The standard InChI is InChI=1S/C15H25NO2S/c1-6-16-15(10-19(17,18)11(2)3)14-8-7-12(4)13(5)9-14/h7-9,11,15-16H,6,10H2,1-5H3. The Labute approximate surface area is 117 Å². The van der Waals surface area contributed by atoms with Gasteiger partial charge in [-0.25, -0.2) is 8.42 Å². The van der Waals surface area contributed by atoms with Crippen LogP contribution < -0.4 is 5.32 Å². The number of benzene rings is 1. The molecular formula is C15H25NO2S. The predicted molar refractivity (Wildman–Crippen MR) is 81.3 cm³/mol. The fraction of sp³-hybridized carbons (Fsp3) is 0.600. The Bertz CT molecular complexity index is 521. The van der Waals surface area contributed by atoms with Crippen molar-refractivity contribution in [2.75, 3.05) is 12.3 Å². The molecular weight excluding hydrogens is 258 g/mol. The van der Waals surface area contributed by atoms with Gasteiger partial charge in [-0.2, -0.15) is 0 Å². The quantitative estimate of drug-likeness (QED) is 0.873. The highest BCUT2D eigenvalue weighted by Crippen LogP contribution is 2.20. The summed E-state index contributed by atoms with van der Waals surface area (Å²) in [7, 11) is -3.05. The number of sulfone groups is 1. The second-order valence-electron chi connectivity index (χ2n) is 5.33. The molecule has 1 atom stereocenters. The SMILES string of the molecule is CCNC(CS(=O)(=O)C(C)C)c1ccc(C)c(C)c1. The maximum absolute atomic E-state index is 12.1. The van der Waals surface area contributed by atoms with Crippen molar-refractivity contribution in [2.24, 2.45) is 0 Å². The van der Waals surface area contributed by atoms with Crippen molar-refractivity contribution in [1.82, 2.24) is 5.32 Å². The normalized spacial score (nSPS) is 13.8. The molecule has 0 amide bonds. The Morgan fingerprint density at radius 3 is 2.26 bits per heavy atom. The van der Waals surface area contributed by atoms with E-state index in [0.717, 1.165) is 12.1 Å². The lowest BCUT2D eigenvalue weighted by Crippen LogP contribution is -2.31. The van der Waals surface area contributed by atoms with Gasteiger partial charge in [0.1, 0.15) is 0 Å². The number of rotatable bonds is 6. The van der Waals surface area contributed by atoms with Gasteiger partial charge in [0.2, 0.25) is 0 Å². The molecule has 0 aliphatic carbocycles. The van der Waals surface area contributed by atoms with Gasteiger partial charge >= 0.3 is 0 Å². The monoisotopic (exact) mass is 283 g/mol. The van der Waals surface area contributed by atoms with E-state index in [1.165, 1.54) is 11.1 Å². The summed E-state index contributed by atoms with van der Waals surface area (Å²) in [5.41, 5.74) is 3.47. The average molecular weight is 283 g/mol. The second kappa shape index (κ2) is 6.53. The first-order chi connectivity index (χ1) is 8.77. The topological polar surface area (TPSA) is 46.2 Å². The summed E-state index contributed by atoms with van der Waals surface area (Å²) in [6, 6.07) is 6.03. The fourth-order valence-electron chi connectivity index (χ4n) is 1.93. The zero-order valence-electron chi connectivity index (χ0n) is 12.5. The maximum Gasteiger partial charge on any atom is 0.154 e. The molecule has 19 heavy (non-hydrogen) atoms. The summed E-state index contributed by atoms with van der Waals surface area (Å²) in [6.07, 6.45) is 0. The van der Waals surface area contributed by atoms with Gasteiger partial charge in [0.25, 0.3) is 0 Å². The summed E-state index contributed by atoms with van der Waals surface area (Å²) in [5.74, 6) is 0.154. The van der Waals surface area contributed by atoms with Crippen LogP contribution in [-0.4, -0.2) is 26.0 Å². The molecule has 0 aromatic heterocycles. The third kappa shape index (κ3) is 4.32. The summed E-state index contributed by atoms with van der Waals surface area (Å²) in [6.45, 7) is 10.3. The van der Waals surface area contributed by atoms with Crippen LogP contribution in [0.1, 0.15) is 43.5 Å². The van der Waals surface area contributed by atoms with Crippen molar-refractivity contribution in [3.8, 4) is 0 Å². The molecule has 0 aliphatic rings. The minimum absolute atomic E-state index is 0.128. The van der Waals surface area contributed by atoms with Gasteiger partial charge in [0.15, 0.2) is 9.84 Å². The van der Waals surface area contributed by atoms with Crippen molar-refractivity contribution in [3.05, 3.63) is 34.9 Å². The summed E-state index contributed by atoms with van der Waals surface area (Å²) in [5, 5.41) is 2.94. The Morgan fingerprint density at radius 2 is 1.79 bits per heavy atom. The predicted octanol–water partition coefficient (Wildman–Crippen LogP) is 2.78. The minimum Gasteiger partial charge on any atom is -0.309 e. The lowest BCUT2D eigenvalue weighted by molar-refractivity contribution is 0.553. The van der Waals surface area contributed by atoms with Crippen LogP contribution in [0.4, 0.5) is 0 Å². The lowest BCUT2D eigenvalue weighted by atomic mass is 10.0. The molecule has 0 bridgehead atoms. The molecule has 0 aliphatic heterocycles. The lowest BCUT2D eigenvalue weighted by Gasteiger charge is -2.20. The summed E-state index contributed by atoms with van der Waals surface area (Å²) < 4.78 is 24.2. The highest BCUT2D eigenvalue weighted by atomic mass is 32.2. The van der Waals surface area contributed by atoms with E-state index in [9.17, 15) is 8.42 Å². The second-order valence-corrected chi connectivity index (χ2v) is 7.93. The molecule has 1 rings (SSSR count). The maximum atomic E-state index is 12.1. The molecule has 0 fully saturated rings. The van der Waals surface area contributed by atoms with E-state index < -0.39 is 9.84 Å². The largest absolute Gasteiger partial charge is 0.309 e. The molecule has 4 heteroatoms.